The fourth-order valence-corrected chi connectivity index (χ4v) is 0.651. The average molecular weight is 149 g/mol. The van der Waals surface area contributed by atoms with Crippen molar-refractivity contribution in [3.63, 3.8) is 0 Å². The monoisotopic (exact) mass is 149 g/mol. The van der Waals surface area contributed by atoms with Crippen molar-refractivity contribution in [2.24, 2.45) is 0 Å². The van der Waals surface area contributed by atoms with Gasteiger partial charge in [-0.25, -0.2) is 0 Å². The number of nitrogens with zero attached hydrogens (tertiary/aromatic N) is 1. The zero-order valence-electron chi connectivity index (χ0n) is 6.74. The standard InChI is InChI=1S/C9H11NO/c1-3-8(2)11-9-4-6-10-7-5-9/h3-7H,1-2H3/b8-3+. The van der Waals surface area contributed by atoms with Gasteiger partial charge in [0.15, 0.2) is 0 Å². The smallest absolute Gasteiger partial charge is 0.129 e. The first-order valence-corrected chi connectivity index (χ1v) is 3.53. The predicted molar refractivity (Wildman–Crippen MR) is 44.3 cm³/mol. The van der Waals surface area contributed by atoms with Crippen LogP contribution in [0.15, 0.2) is 36.4 Å². The van der Waals surface area contributed by atoms with E-state index in [1.54, 1.807) is 12.4 Å². The highest BCUT2D eigenvalue weighted by atomic mass is 16.5. The SMILES string of the molecule is C/C=C(\C)Oc1ccncc1. The highest BCUT2D eigenvalue weighted by molar-refractivity contribution is 5.19. The predicted octanol–water partition coefficient (Wildman–Crippen LogP) is 2.38. The topological polar surface area (TPSA) is 22.1 Å². The molecule has 0 unspecified atom stereocenters. The van der Waals surface area contributed by atoms with Crippen LogP contribution in [0.4, 0.5) is 0 Å². The van der Waals surface area contributed by atoms with Crippen molar-refractivity contribution in [1.82, 2.24) is 4.98 Å². The van der Waals surface area contributed by atoms with Gasteiger partial charge < -0.3 is 4.74 Å². The van der Waals surface area contributed by atoms with Gasteiger partial charge in [-0.1, -0.05) is 0 Å². The summed E-state index contributed by atoms with van der Waals surface area (Å²) in [6.45, 7) is 3.86. The van der Waals surface area contributed by atoms with Crippen LogP contribution in [-0.2, 0) is 0 Å². The average Bonchev–Trinajstić information content (AvgIpc) is 2.06. The number of pyridine rings is 1. The second kappa shape index (κ2) is 3.76. The molecule has 58 valence electrons. The first-order valence-electron chi connectivity index (χ1n) is 3.53. The third-order valence-electron chi connectivity index (χ3n) is 1.34. The van der Waals surface area contributed by atoms with Crippen molar-refractivity contribution in [2.75, 3.05) is 0 Å². The van der Waals surface area contributed by atoms with Crippen LogP contribution >= 0.6 is 0 Å². The summed E-state index contributed by atoms with van der Waals surface area (Å²) in [5, 5.41) is 0. The van der Waals surface area contributed by atoms with Crippen molar-refractivity contribution < 1.29 is 4.74 Å². The fraction of sp³-hybridized carbons (Fsp3) is 0.222. The first kappa shape index (κ1) is 7.79. The quantitative estimate of drug-likeness (QED) is 0.602. The molecule has 0 aliphatic rings. The van der Waals surface area contributed by atoms with Gasteiger partial charge in [-0.05, 0) is 32.1 Å². The third kappa shape index (κ3) is 2.42. The molecular weight excluding hydrogens is 138 g/mol. The van der Waals surface area contributed by atoms with Gasteiger partial charge in [0.1, 0.15) is 5.75 Å². The molecule has 0 saturated heterocycles. The number of rotatable bonds is 2. The Morgan fingerprint density at radius 1 is 1.45 bits per heavy atom. The maximum Gasteiger partial charge on any atom is 0.129 e. The van der Waals surface area contributed by atoms with Crippen molar-refractivity contribution >= 4 is 0 Å². The van der Waals surface area contributed by atoms with E-state index in [0.29, 0.717) is 0 Å². The van der Waals surface area contributed by atoms with Crippen LogP contribution in [0.1, 0.15) is 13.8 Å². The van der Waals surface area contributed by atoms with Crippen molar-refractivity contribution in [2.45, 2.75) is 13.8 Å². The van der Waals surface area contributed by atoms with Gasteiger partial charge in [0, 0.05) is 12.4 Å². The molecule has 0 spiro atoms. The van der Waals surface area contributed by atoms with E-state index in [1.165, 1.54) is 0 Å². The number of aromatic nitrogens is 1. The van der Waals surface area contributed by atoms with Crippen LogP contribution in [0.5, 0.6) is 5.75 Å². The molecule has 1 aromatic heterocycles. The van der Waals surface area contributed by atoms with E-state index in [9.17, 15) is 0 Å². The minimum Gasteiger partial charge on any atom is -0.462 e. The molecule has 0 bridgehead atoms. The number of hydrogen-bond donors (Lipinski definition) is 0. The lowest BCUT2D eigenvalue weighted by molar-refractivity contribution is 0.426. The second-order valence-corrected chi connectivity index (χ2v) is 2.18. The summed E-state index contributed by atoms with van der Waals surface area (Å²) >= 11 is 0. The summed E-state index contributed by atoms with van der Waals surface area (Å²) in [5.41, 5.74) is 0. The molecule has 0 atom stereocenters. The van der Waals surface area contributed by atoms with Crippen LogP contribution in [0.3, 0.4) is 0 Å². The van der Waals surface area contributed by atoms with Gasteiger partial charge in [-0.3, -0.25) is 4.98 Å². The van der Waals surface area contributed by atoms with Crippen LogP contribution < -0.4 is 4.74 Å². The first-order chi connectivity index (χ1) is 5.33. The highest BCUT2D eigenvalue weighted by Gasteiger charge is 1.90. The Hall–Kier alpha value is -1.31. The number of hydrogen-bond acceptors (Lipinski definition) is 2. The molecule has 0 amide bonds. The second-order valence-electron chi connectivity index (χ2n) is 2.18. The molecule has 1 heterocycles. The maximum atomic E-state index is 5.38. The lowest BCUT2D eigenvalue weighted by Crippen LogP contribution is -1.89. The lowest BCUT2D eigenvalue weighted by Gasteiger charge is -2.02. The van der Waals surface area contributed by atoms with Gasteiger partial charge in [-0.15, -0.1) is 0 Å². The van der Waals surface area contributed by atoms with E-state index in [2.05, 4.69) is 4.98 Å². The minimum atomic E-state index is 0.829. The normalized spacial score (nSPS) is 11.3. The molecule has 2 nitrogen and oxygen atoms in total. The van der Waals surface area contributed by atoms with E-state index in [4.69, 9.17) is 4.74 Å². The summed E-state index contributed by atoms with van der Waals surface area (Å²) < 4.78 is 5.38. The Balaban J connectivity index is 2.65. The molecule has 0 aliphatic heterocycles. The Morgan fingerprint density at radius 3 is 2.64 bits per heavy atom. The maximum absolute atomic E-state index is 5.38. The van der Waals surface area contributed by atoms with Crippen molar-refractivity contribution in [3.05, 3.63) is 36.4 Å². The van der Waals surface area contributed by atoms with Gasteiger partial charge in [0.2, 0.25) is 0 Å². The van der Waals surface area contributed by atoms with E-state index in [1.807, 2.05) is 32.1 Å². The van der Waals surface area contributed by atoms with E-state index >= 15 is 0 Å². The number of allylic oxidation sites excluding steroid dienone is 2. The Kier molecular flexibility index (Phi) is 2.66. The minimum absolute atomic E-state index is 0.829. The molecule has 0 fully saturated rings. The summed E-state index contributed by atoms with van der Waals surface area (Å²) in [6, 6.07) is 3.65. The largest absolute Gasteiger partial charge is 0.462 e. The molecule has 0 aromatic carbocycles. The Morgan fingerprint density at radius 2 is 2.09 bits per heavy atom. The van der Waals surface area contributed by atoms with Crippen LogP contribution in [0, 0.1) is 0 Å². The van der Waals surface area contributed by atoms with Crippen LogP contribution in [0.25, 0.3) is 0 Å². The van der Waals surface area contributed by atoms with Gasteiger partial charge in [-0.2, -0.15) is 0 Å². The van der Waals surface area contributed by atoms with Crippen molar-refractivity contribution in [3.8, 4) is 5.75 Å². The molecule has 1 aromatic rings. The summed E-state index contributed by atoms with van der Waals surface area (Å²) in [4.78, 5) is 3.88. The number of ether oxygens (including phenoxy) is 1. The molecule has 0 N–H and O–H groups in total. The van der Waals surface area contributed by atoms with Crippen molar-refractivity contribution in [1.29, 1.82) is 0 Å². The Bertz CT molecular complexity index is 241. The van der Waals surface area contributed by atoms with Gasteiger partial charge in [0.05, 0.1) is 5.76 Å². The summed E-state index contributed by atoms with van der Waals surface area (Å²) in [5.74, 6) is 1.73. The highest BCUT2D eigenvalue weighted by Crippen LogP contribution is 2.10. The molecule has 2 heteroatoms. The zero-order valence-corrected chi connectivity index (χ0v) is 6.74. The van der Waals surface area contributed by atoms with Gasteiger partial charge in [0.25, 0.3) is 0 Å². The summed E-state index contributed by atoms with van der Waals surface area (Å²) in [6.07, 6.45) is 5.33. The fourth-order valence-electron chi connectivity index (χ4n) is 0.651. The zero-order chi connectivity index (χ0) is 8.10. The molecule has 0 aliphatic carbocycles. The molecule has 0 saturated carbocycles. The lowest BCUT2D eigenvalue weighted by atomic mass is 10.4. The van der Waals surface area contributed by atoms with E-state index < -0.39 is 0 Å². The molecule has 1 rings (SSSR count). The molecular formula is C9H11NO. The van der Waals surface area contributed by atoms with Crippen LogP contribution in [0.2, 0.25) is 0 Å². The van der Waals surface area contributed by atoms with E-state index in [0.717, 1.165) is 11.5 Å². The van der Waals surface area contributed by atoms with E-state index in [-0.39, 0.29) is 0 Å². The molecule has 11 heavy (non-hydrogen) atoms. The Labute approximate surface area is 66.5 Å². The van der Waals surface area contributed by atoms with Crippen LogP contribution in [-0.4, -0.2) is 4.98 Å². The summed E-state index contributed by atoms with van der Waals surface area (Å²) in [7, 11) is 0. The third-order valence-corrected chi connectivity index (χ3v) is 1.34. The van der Waals surface area contributed by atoms with Gasteiger partial charge >= 0.3 is 0 Å². The molecule has 0 radical (unpaired) electrons.